The van der Waals surface area contributed by atoms with Gasteiger partial charge in [-0.15, -0.1) is 6.58 Å². The number of hydrogen-bond donors (Lipinski definition) is 2. The third-order valence-electron chi connectivity index (χ3n) is 2.42. The van der Waals surface area contributed by atoms with Crippen molar-refractivity contribution >= 4 is 15.9 Å². The molecule has 0 radical (unpaired) electrons. The Kier molecular flexibility index (Phi) is 7.01. The van der Waals surface area contributed by atoms with E-state index in [9.17, 15) is 5.11 Å². The van der Waals surface area contributed by atoms with Gasteiger partial charge in [0.15, 0.2) is 0 Å². The third-order valence-corrected chi connectivity index (χ3v) is 3.04. The maximum atomic E-state index is 9.73. The normalized spacial score (nSPS) is 12.2. The average Bonchev–Trinajstić information content (AvgIpc) is 2.33. The molecule has 0 saturated carbocycles. The lowest BCUT2D eigenvalue weighted by atomic mass is 10.2. The molecule has 0 heterocycles. The van der Waals surface area contributed by atoms with Crippen molar-refractivity contribution in [3.63, 3.8) is 0 Å². The molecule has 100 valence electrons. The van der Waals surface area contributed by atoms with Crippen molar-refractivity contribution in [2.75, 3.05) is 19.7 Å². The van der Waals surface area contributed by atoms with Crippen molar-refractivity contribution in [1.29, 1.82) is 0 Å². The van der Waals surface area contributed by atoms with Crippen LogP contribution >= 0.6 is 15.9 Å². The van der Waals surface area contributed by atoms with Crippen LogP contribution in [-0.2, 0) is 0 Å². The van der Waals surface area contributed by atoms with Crippen molar-refractivity contribution in [3.05, 3.63) is 40.9 Å². The largest absolute Gasteiger partial charge is 0.490 e. The Morgan fingerprint density at radius 1 is 1.56 bits per heavy atom. The highest BCUT2D eigenvalue weighted by molar-refractivity contribution is 9.10. The molecule has 0 aliphatic rings. The molecule has 0 aromatic heterocycles. The molecule has 1 rings (SSSR count). The van der Waals surface area contributed by atoms with E-state index in [-0.39, 0.29) is 6.61 Å². The van der Waals surface area contributed by atoms with Crippen LogP contribution in [0.4, 0.5) is 0 Å². The Balaban J connectivity index is 2.29. The van der Waals surface area contributed by atoms with Gasteiger partial charge in [-0.3, -0.25) is 0 Å². The van der Waals surface area contributed by atoms with Gasteiger partial charge < -0.3 is 15.2 Å². The summed E-state index contributed by atoms with van der Waals surface area (Å²) < 4.78 is 6.46. The lowest BCUT2D eigenvalue weighted by Crippen LogP contribution is -2.31. The van der Waals surface area contributed by atoms with Gasteiger partial charge in [0, 0.05) is 6.54 Å². The van der Waals surface area contributed by atoms with Crippen molar-refractivity contribution < 1.29 is 9.84 Å². The van der Waals surface area contributed by atoms with Crippen LogP contribution in [0.5, 0.6) is 5.75 Å². The fourth-order valence-corrected chi connectivity index (χ4v) is 2.05. The molecule has 18 heavy (non-hydrogen) atoms. The first-order valence-electron chi connectivity index (χ1n) is 6.02. The number of hydrogen-bond acceptors (Lipinski definition) is 3. The second kappa shape index (κ2) is 8.29. The van der Waals surface area contributed by atoms with E-state index in [2.05, 4.69) is 27.8 Å². The minimum absolute atomic E-state index is 0.281. The minimum atomic E-state index is -0.511. The van der Waals surface area contributed by atoms with Crippen LogP contribution in [0.1, 0.15) is 12.0 Å². The lowest BCUT2D eigenvalue weighted by molar-refractivity contribution is 0.106. The molecule has 1 aromatic carbocycles. The topological polar surface area (TPSA) is 41.5 Å². The molecule has 0 amide bonds. The summed E-state index contributed by atoms with van der Waals surface area (Å²) in [7, 11) is 0. The maximum absolute atomic E-state index is 9.73. The second-order valence-electron chi connectivity index (χ2n) is 4.18. The van der Waals surface area contributed by atoms with Crippen molar-refractivity contribution in [3.8, 4) is 5.75 Å². The smallest absolute Gasteiger partial charge is 0.133 e. The van der Waals surface area contributed by atoms with Crippen LogP contribution < -0.4 is 10.1 Å². The van der Waals surface area contributed by atoms with Crippen LogP contribution in [0.15, 0.2) is 35.3 Å². The van der Waals surface area contributed by atoms with Crippen molar-refractivity contribution in [2.45, 2.75) is 19.4 Å². The molecule has 0 aliphatic carbocycles. The van der Waals surface area contributed by atoms with Crippen LogP contribution in [-0.4, -0.2) is 30.9 Å². The van der Waals surface area contributed by atoms with Gasteiger partial charge in [-0.2, -0.15) is 0 Å². The van der Waals surface area contributed by atoms with Crippen molar-refractivity contribution in [2.24, 2.45) is 0 Å². The first-order chi connectivity index (χ1) is 8.63. The molecular formula is C14H20BrNO2. The number of ether oxygens (including phenoxy) is 1. The predicted octanol–water partition coefficient (Wildman–Crippen LogP) is 2.66. The molecule has 0 fully saturated rings. The summed E-state index contributed by atoms with van der Waals surface area (Å²) in [5.41, 5.74) is 1.17. The zero-order chi connectivity index (χ0) is 13.4. The summed E-state index contributed by atoms with van der Waals surface area (Å²) in [5.74, 6) is 0.755. The summed E-state index contributed by atoms with van der Waals surface area (Å²) >= 11 is 3.44. The second-order valence-corrected chi connectivity index (χ2v) is 5.03. The molecule has 0 bridgehead atoms. The van der Waals surface area contributed by atoms with Crippen LogP contribution in [0, 0.1) is 6.92 Å². The van der Waals surface area contributed by atoms with Gasteiger partial charge in [0.2, 0.25) is 0 Å². The molecule has 1 unspecified atom stereocenters. The van der Waals surface area contributed by atoms with Gasteiger partial charge in [-0.05, 0) is 53.5 Å². The molecule has 0 spiro atoms. The quantitative estimate of drug-likeness (QED) is 0.572. The molecule has 0 saturated heterocycles. The highest BCUT2D eigenvalue weighted by Crippen LogP contribution is 2.25. The van der Waals surface area contributed by atoms with Crippen LogP contribution in [0.25, 0.3) is 0 Å². The first kappa shape index (κ1) is 15.2. The van der Waals surface area contributed by atoms with E-state index in [1.807, 2.05) is 31.2 Å². The Morgan fingerprint density at radius 2 is 2.33 bits per heavy atom. The number of aliphatic hydroxyl groups is 1. The number of aryl methyl sites for hydroxylation is 1. The van der Waals surface area contributed by atoms with Crippen molar-refractivity contribution in [1.82, 2.24) is 5.32 Å². The number of nitrogens with one attached hydrogen (secondary N) is 1. The lowest BCUT2D eigenvalue weighted by Gasteiger charge is -2.14. The Labute approximate surface area is 117 Å². The van der Waals surface area contributed by atoms with Gasteiger partial charge in [0.1, 0.15) is 18.5 Å². The molecule has 4 heteroatoms. The third kappa shape index (κ3) is 5.67. The summed E-state index contributed by atoms with van der Waals surface area (Å²) in [6.45, 7) is 7.29. The van der Waals surface area contributed by atoms with E-state index in [1.165, 1.54) is 5.56 Å². The van der Waals surface area contributed by atoms with E-state index >= 15 is 0 Å². The van der Waals surface area contributed by atoms with E-state index < -0.39 is 6.10 Å². The Morgan fingerprint density at radius 3 is 3.00 bits per heavy atom. The van der Waals surface area contributed by atoms with Gasteiger partial charge in [0.05, 0.1) is 4.47 Å². The number of halogens is 1. The molecule has 0 aliphatic heterocycles. The van der Waals surface area contributed by atoms with E-state index in [1.54, 1.807) is 0 Å². The monoisotopic (exact) mass is 313 g/mol. The SMILES string of the molecule is C=CCCNCC(O)COc1ccc(C)cc1Br. The van der Waals surface area contributed by atoms with E-state index in [0.717, 1.165) is 23.2 Å². The molecule has 3 nitrogen and oxygen atoms in total. The standard InChI is InChI=1S/C14H20BrNO2/c1-3-4-7-16-9-12(17)10-18-14-6-5-11(2)8-13(14)15/h3,5-6,8,12,16-17H,1,4,7,9-10H2,2H3. The summed E-state index contributed by atoms with van der Waals surface area (Å²) in [6, 6.07) is 5.87. The first-order valence-corrected chi connectivity index (χ1v) is 6.81. The molecular weight excluding hydrogens is 294 g/mol. The Hall–Kier alpha value is -0.840. The fraction of sp³-hybridized carbons (Fsp3) is 0.429. The number of rotatable bonds is 8. The maximum Gasteiger partial charge on any atom is 0.133 e. The number of aliphatic hydroxyl groups excluding tert-OH is 1. The fourth-order valence-electron chi connectivity index (χ4n) is 1.44. The highest BCUT2D eigenvalue weighted by atomic mass is 79.9. The molecule has 1 atom stereocenters. The highest BCUT2D eigenvalue weighted by Gasteiger charge is 2.06. The molecule has 2 N–H and O–H groups in total. The zero-order valence-corrected chi connectivity index (χ0v) is 12.2. The summed E-state index contributed by atoms with van der Waals surface area (Å²) in [6.07, 6.45) is 2.24. The van der Waals surface area contributed by atoms with E-state index in [4.69, 9.17) is 4.74 Å². The summed E-state index contributed by atoms with van der Waals surface area (Å²) in [4.78, 5) is 0. The van der Waals surface area contributed by atoms with Gasteiger partial charge >= 0.3 is 0 Å². The molecule has 1 aromatic rings. The van der Waals surface area contributed by atoms with Gasteiger partial charge in [-0.25, -0.2) is 0 Å². The average molecular weight is 314 g/mol. The summed E-state index contributed by atoms with van der Waals surface area (Å²) in [5, 5.41) is 12.9. The van der Waals surface area contributed by atoms with Crippen LogP contribution in [0.3, 0.4) is 0 Å². The minimum Gasteiger partial charge on any atom is -0.490 e. The van der Waals surface area contributed by atoms with Crippen LogP contribution in [0.2, 0.25) is 0 Å². The number of benzene rings is 1. The van der Waals surface area contributed by atoms with Gasteiger partial charge in [-0.1, -0.05) is 12.1 Å². The van der Waals surface area contributed by atoms with E-state index in [0.29, 0.717) is 6.54 Å². The zero-order valence-electron chi connectivity index (χ0n) is 10.7. The van der Waals surface area contributed by atoms with Gasteiger partial charge in [0.25, 0.3) is 0 Å². The predicted molar refractivity (Wildman–Crippen MR) is 78.1 cm³/mol. The Bertz CT molecular complexity index is 382.